The first-order valence-corrected chi connectivity index (χ1v) is 10.9. The van der Waals surface area contributed by atoms with Gasteiger partial charge in [0, 0.05) is 17.5 Å². The second-order valence-electron chi connectivity index (χ2n) is 9.84. The highest BCUT2D eigenvalue weighted by molar-refractivity contribution is 5.99. The fourth-order valence-electron chi connectivity index (χ4n) is 5.42. The van der Waals surface area contributed by atoms with E-state index in [1.807, 2.05) is 0 Å². The molecule has 3 aromatic carbocycles. The lowest BCUT2D eigenvalue weighted by atomic mass is 9.54. The average molecular weight is 393 g/mol. The van der Waals surface area contributed by atoms with E-state index in [0.29, 0.717) is 0 Å². The van der Waals surface area contributed by atoms with E-state index in [-0.39, 0.29) is 10.8 Å². The number of benzene rings is 3. The van der Waals surface area contributed by atoms with E-state index in [4.69, 9.17) is 0 Å². The van der Waals surface area contributed by atoms with Gasteiger partial charge in [0.05, 0.1) is 5.56 Å². The molecule has 30 heavy (non-hydrogen) atoms. The largest absolute Gasteiger partial charge is 0.213 e. The van der Waals surface area contributed by atoms with Crippen molar-refractivity contribution in [1.29, 1.82) is 0 Å². The minimum absolute atomic E-state index is 0.00159. The Hall–Kier alpha value is -2.93. The van der Waals surface area contributed by atoms with Crippen molar-refractivity contribution in [2.75, 3.05) is 0 Å². The van der Waals surface area contributed by atoms with Gasteiger partial charge in [-0.1, -0.05) is 76.2 Å². The van der Waals surface area contributed by atoms with Crippen LogP contribution in [0.25, 0.3) is 33.2 Å². The molecule has 1 nitrogen and oxygen atoms in total. The minimum Gasteiger partial charge on any atom is -0.201 e. The molecule has 1 aliphatic carbocycles. The van der Waals surface area contributed by atoms with Crippen LogP contribution in [0.15, 0.2) is 72.9 Å². The summed E-state index contributed by atoms with van der Waals surface area (Å²) in [6.45, 7) is 11.9. The number of hydrogen-bond acceptors (Lipinski definition) is 0. The van der Waals surface area contributed by atoms with Crippen LogP contribution in [0.1, 0.15) is 44.4 Å². The van der Waals surface area contributed by atoms with Gasteiger partial charge in [0.15, 0.2) is 6.20 Å². The summed E-state index contributed by atoms with van der Waals surface area (Å²) in [6, 6.07) is 24.7. The molecule has 1 heterocycles. The molecule has 0 saturated carbocycles. The van der Waals surface area contributed by atoms with Crippen molar-refractivity contribution in [1.82, 2.24) is 0 Å². The van der Waals surface area contributed by atoms with Crippen LogP contribution in [-0.4, -0.2) is 0 Å². The van der Waals surface area contributed by atoms with E-state index in [1.165, 1.54) is 49.8 Å². The van der Waals surface area contributed by atoms with Gasteiger partial charge >= 0.3 is 0 Å². The van der Waals surface area contributed by atoms with Gasteiger partial charge in [-0.3, -0.25) is 0 Å². The Kier molecular flexibility index (Phi) is 3.99. The van der Waals surface area contributed by atoms with Gasteiger partial charge in [-0.25, -0.2) is 4.57 Å². The molecule has 1 heteroatoms. The van der Waals surface area contributed by atoms with Gasteiger partial charge in [-0.2, -0.15) is 0 Å². The molecular weight excluding hydrogens is 362 g/mol. The molecule has 5 rings (SSSR count). The second kappa shape index (κ2) is 6.28. The highest BCUT2D eigenvalue weighted by Gasteiger charge is 2.47. The fraction of sp³-hybridized carbons (Fsp3) is 0.276. The Morgan fingerprint density at radius 2 is 1.43 bits per heavy atom. The van der Waals surface area contributed by atoms with Crippen LogP contribution in [0.3, 0.4) is 0 Å². The number of aryl methyl sites for hydroxylation is 2. The molecule has 0 radical (unpaired) electrons. The van der Waals surface area contributed by atoms with Crippen LogP contribution in [0.4, 0.5) is 0 Å². The predicted molar refractivity (Wildman–Crippen MR) is 127 cm³/mol. The summed E-state index contributed by atoms with van der Waals surface area (Å²) in [4.78, 5) is 0. The first-order chi connectivity index (χ1) is 14.2. The lowest BCUT2D eigenvalue weighted by Crippen LogP contribution is -2.44. The Morgan fingerprint density at radius 1 is 0.700 bits per heavy atom. The standard InChI is InChI=1S/C29H30N/c1-19-14-17-23-26(25(19)24-13-9-10-18-30(24)6)22-16-15-20-11-7-8-12-21(20)27(22)29(4,5)28(23,2)3/h7-18H,1-6H3/q+1. The van der Waals surface area contributed by atoms with Crippen LogP contribution in [0.5, 0.6) is 0 Å². The molecule has 1 aliphatic rings. The zero-order chi connectivity index (χ0) is 21.3. The molecule has 0 fully saturated rings. The molecule has 0 spiro atoms. The van der Waals surface area contributed by atoms with E-state index < -0.39 is 0 Å². The van der Waals surface area contributed by atoms with Gasteiger partial charge in [0.25, 0.3) is 0 Å². The SMILES string of the molecule is Cc1ccc2c(c1-c1cccc[n+]1C)-c1ccc3ccccc3c1C(C)(C)C2(C)C. The summed E-state index contributed by atoms with van der Waals surface area (Å²) in [5.41, 5.74) is 9.65. The number of nitrogens with zero attached hydrogens (tertiary/aromatic N) is 1. The van der Waals surface area contributed by atoms with Crippen LogP contribution in [0, 0.1) is 6.92 Å². The normalized spacial score (nSPS) is 16.2. The van der Waals surface area contributed by atoms with Gasteiger partial charge < -0.3 is 0 Å². The number of rotatable bonds is 1. The van der Waals surface area contributed by atoms with Crippen LogP contribution >= 0.6 is 0 Å². The minimum atomic E-state index is -0.00470. The molecule has 0 saturated heterocycles. The highest BCUT2D eigenvalue weighted by atomic mass is 14.9. The van der Waals surface area contributed by atoms with E-state index in [0.717, 1.165) is 0 Å². The summed E-state index contributed by atoms with van der Waals surface area (Å²) < 4.78 is 2.25. The van der Waals surface area contributed by atoms with Crippen molar-refractivity contribution in [3.8, 4) is 22.4 Å². The number of aromatic nitrogens is 1. The summed E-state index contributed by atoms with van der Waals surface area (Å²) in [5, 5.41) is 2.70. The second-order valence-corrected chi connectivity index (χ2v) is 9.84. The molecule has 0 unspecified atom stereocenters. The third kappa shape index (κ3) is 2.38. The molecule has 0 bridgehead atoms. The lowest BCUT2D eigenvalue weighted by Gasteiger charge is -2.49. The van der Waals surface area contributed by atoms with Crippen LogP contribution in [-0.2, 0) is 17.9 Å². The zero-order valence-corrected chi connectivity index (χ0v) is 18.9. The van der Waals surface area contributed by atoms with Gasteiger partial charge in [0.2, 0.25) is 5.69 Å². The molecular formula is C29H30N+. The first-order valence-electron chi connectivity index (χ1n) is 10.9. The Balaban J connectivity index is 2.00. The van der Waals surface area contributed by atoms with Gasteiger partial charge in [-0.15, -0.1) is 0 Å². The van der Waals surface area contributed by atoms with Crippen molar-refractivity contribution in [3.05, 3.63) is 89.6 Å². The molecule has 0 atom stereocenters. The summed E-state index contributed by atoms with van der Waals surface area (Å²) in [5.74, 6) is 0. The van der Waals surface area contributed by atoms with Crippen LogP contribution < -0.4 is 4.57 Å². The van der Waals surface area contributed by atoms with Gasteiger partial charge in [-0.05, 0) is 57.0 Å². The van der Waals surface area contributed by atoms with Crippen molar-refractivity contribution >= 4 is 10.8 Å². The van der Waals surface area contributed by atoms with Crippen LogP contribution in [0.2, 0.25) is 0 Å². The average Bonchev–Trinajstić information content (AvgIpc) is 2.72. The number of hydrogen-bond donors (Lipinski definition) is 0. The van der Waals surface area contributed by atoms with E-state index in [2.05, 4.69) is 119 Å². The lowest BCUT2D eigenvalue weighted by molar-refractivity contribution is -0.660. The van der Waals surface area contributed by atoms with E-state index in [1.54, 1.807) is 0 Å². The number of fused-ring (bicyclic) bond motifs is 5. The zero-order valence-electron chi connectivity index (χ0n) is 18.9. The molecule has 0 amide bonds. The maximum Gasteiger partial charge on any atom is 0.213 e. The highest BCUT2D eigenvalue weighted by Crippen LogP contribution is 2.57. The Bertz CT molecular complexity index is 1310. The fourth-order valence-corrected chi connectivity index (χ4v) is 5.42. The third-order valence-electron chi connectivity index (χ3n) is 7.78. The van der Waals surface area contributed by atoms with Crippen molar-refractivity contribution < 1.29 is 4.57 Å². The summed E-state index contributed by atoms with van der Waals surface area (Å²) in [7, 11) is 2.15. The first kappa shape index (κ1) is 19.1. The van der Waals surface area contributed by atoms with Crippen molar-refractivity contribution in [3.63, 3.8) is 0 Å². The van der Waals surface area contributed by atoms with E-state index >= 15 is 0 Å². The van der Waals surface area contributed by atoms with Crippen molar-refractivity contribution in [2.24, 2.45) is 7.05 Å². The Morgan fingerprint density at radius 3 is 2.20 bits per heavy atom. The van der Waals surface area contributed by atoms with Gasteiger partial charge in [0.1, 0.15) is 7.05 Å². The molecule has 4 aromatic rings. The third-order valence-corrected chi connectivity index (χ3v) is 7.78. The maximum atomic E-state index is 2.42. The molecule has 150 valence electrons. The van der Waals surface area contributed by atoms with E-state index in [9.17, 15) is 0 Å². The summed E-state index contributed by atoms with van der Waals surface area (Å²) >= 11 is 0. The number of pyridine rings is 1. The monoisotopic (exact) mass is 392 g/mol. The topological polar surface area (TPSA) is 3.88 Å². The molecule has 0 N–H and O–H groups in total. The Labute approximate surface area is 180 Å². The predicted octanol–water partition coefficient (Wildman–Crippen LogP) is 6.88. The molecule has 0 aliphatic heterocycles. The maximum absolute atomic E-state index is 2.42. The summed E-state index contributed by atoms with van der Waals surface area (Å²) in [6.07, 6.45) is 2.15. The quantitative estimate of drug-likeness (QED) is 0.311. The van der Waals surface area contributed by atoms with Crippen molar-refractivity contribution in [2.45, 2.75) is 45.4 Å². The molecule has 1 aromatic heterocycles. The smallest absolute Gasteiger partial charge is 0.201 e.